The van der Waals surface area contributed by atoms with E-state index in [2.05, 4.69) is 20.8 Å². The lowest BCUT2D eigenvalue weighted by molar-refractivity contribution is -0.115. The number of rotatable bonds is 5. The molecule has 0 aliphatic heterocycles. The Hall–Kier alpha value is -3.02. The van der Waals surface area contributed by atoms with Crippen LogP contribution in [0.15, 0.2) is 47.7 Å². The molecule has 0 saturated carbocycles. The van der Waals surface area contributed by atoms with Crippen molar-refractivity contribution in [3.63, 3.8) is 0 Å². The summed E-state index contributed by atoms with van der Waals surface area (Å²) < 4.78 is 0. The Morgan fingerprint density at radius 3 is 2.62 bits per heavy atom. The molecular formula is C18H20N4O2. The van der Waals surface area contributed by atoms with Crippen LogP contribution >= 0.6 is 0 Å². The first-order chi connectivity index (χ1) is 11.5. The fourth-order valence-corrected chi connectivity index (χ4v) is 2.12. The highest BCUT2D eigenvalue weighted by atomic mass is 16.2. The van der Waals surface area contributed by atoms with Crippen LogP contribution in [0.25, 0.3) is 0 Å². The van der Waals surface area contributed by atoms with E-state index < -0.39 is 5.91 Å². The Labute approximate surface area is 141 Å². The summed E-state index contributed by atoms with van der Waals surface area (Å²) in [7, 11) is 0. The SMILES string of the molecule is C/C(CC(=O)Nc1ccc(C)cc1C)=N\NC(=O)c1ccccn1. The van der Waals surface area contributed by atoms with Gasteiger partial charge >= 0.3 is 0 Å². The van der Waals surface area contributed by atoms with Gasteiger partial charge in [-0.1, -0.05) is 23.8 Å². The predicted molar refractivity (Wildman–Crippen MR) is 94.0 cm³/mol. The summed E-state index contributed by atoms with van der Waals surface area (Å²) in [4.78, 5) is 27.8. The zero-order valence-electron chi connectivity index (χ0n) is 14.0. The number of amides is 2. The second kappa shape index (κ2) is 8.01. The van der Waals surface area contributed by atoms with Crippen LogP contribution in [0.4, 0.5) is 5.69 Å². The average Bonchev–Trinajstić information content (AvgIpc) is 2.56. The molecule has 1 heterocycles. The Balaban J connectivity index is 1.90. The lowest BCUT2D eigenvalue weighted by atomic mass is 10.1. The van der Waals surface area contributed by atoms with Crippen LogP contribution < -0.4 is 10.7 Å². The van der Waals surface area contributed by atoms with Crippen molar-refractivity contribution >= 4 is 23.2 Å². The first-order valence-corrected chi connectivity index (χ1v) is 7.57. The average molecular weight is 324 g/mol. The van der Waals surface area contributed by atoms with Gasteiger partial charge in [0.15, 0.2) is 0 Å². The van der Waals surface area contributed by atoms with Gasteiger partial charge in [-0.3, -0.25) is 14.6 Å². The summed E-state index contributed by atoms with van der Waals surface area (Å²) in [6.45, 7) is 5.62. The zero-order chi connectivity index (χ0) is 17.5. The van der Waals surface area contributed by atoms with Crippen molar-refractivity contribution in [2.24, 2.45) is 5.10 Å². The number of hydrazone groups is 1. The molecule has 0 bridgehead atoms. The predicted octanol–water partition coefficient (Wildman–Crippen LogP) is 2.83. The quantitative estimate of drug-likeness (QED) is 0.655. The third-order valence-electron chi connectivity index (χ3n) is 3.32. The van der Waals surface area contributed by atoms with Gasteiger partial charge in [-0.2, -0.15) is 5.10 Å². The molecule has 24 heavy (non-hydrogen) atoms. The second-order valence-electron chi connectivity index (χ2n) is 5.55. The summed E-state index contributed by atoms with van der Waals surface area (Å²) in [6.07, 6.45) is 1.62. The molecular weight excluding hydrogens is 304 g/mol. The highest BCUT2D eigenvalue weighted by Crippen LogP contribution is 2.16. The molecule has 2 N–H and O–H groups in total. The van der Waals surface area contributed by atoms with E-state index in [-0.39, 0.29) is 18.0 Å². The van der Waals surface area contributed by atoms with Crippen molar-refractivity contribution in [3.8, 4) is 0 Å². The molecule has 0 radical (unpaired) electrons. The number of anilines is 1. The first-order valence-electron chi connectivity index (χ1n) is 7.57. The minimum absolute atomic E-state index is 0.0931. The Kier molecular flexibility index (Phi) is 5.78. The number of benzene rings is 1. The number of carbonyl (C=O) groups is 2. The van der Waals surface area contributed by atoms with E-state index in [1.54, 1.807) is 25.1 Å². The topological polar surface area (TPSA) is 83.5 Å². The molecule has 2 rings (SSSR count). The Morgan fingerprint density at radius 2 is 1.96 bits per heavy atom. The van der Waals surface area contributed by atoms with Gasteiger partial charge in [-0.15, -0.1) is 0 Å². The Morgan fingerprint density at radius 1 is 1.17 bits per heavy atom. The lowest BCUT2D eigenvalue weighted by Crippen LogP contribution is -2.22. The van der Waals surface area contributed by atoms with Crippen molar-refractivity contribution in [3.05, 3.63) is 59.4 Å². The monoisotopic (exact) mass is 324 g/mol. The van der Waals surface area contributed by atoms with Crippen molar-refractivity contribution in [2.75, 3.05) is 5.32 Å². The van der Waals surface area contributed by atoms with Gasteiger partial charge < -0.3 is 5.32 Å². The highest BCUT2D eigenvalue weighted by Gasteiger charge is 2.08. The van der Waals surface area contributed by atoms with Gasteiger partial charge in [0.1, 0.15) is 5.69 Å². The van der Waals surface area contributed by atoms with Gasteiger partial charge in [0.25, 0.3) is 5.91 Å². The van der Waals surface area contributed by atoms with Crippen LogP contribution in [-0.4, -0.2) is 22.5 Å². The van der Waals surface area contributed by atoms with Crippen molar-refractivity contribution in [2.45, 2.75) is 27.2 Å². The van der Waals surface area contributed by atoms with Gasteiger partial charge in [0, 0.05) is 17.6 Å². The third-order valence-corrected chi connectivity index (χ3v) is 3.32. The summed E-state index contributed by atoms with van der Waals surface area (Å²) in [6, 6.07) is 10.9. The molecule has 1 aromatic carbocycles. The summed E-state index contributed by atoms with van der Waals surface area (Å²) in [5.41, 5.74) is 6.08. The molecule has 6 nitrogen and oxygen atoms in total. The number of aryl methyl sites for hydroxylation is 2. The van der Waals surface area contributed by atoms with E-state index in [4.69, 9.17) is 0 Å². The summed E-state index contributed by atoms with van der Waals surface area (Å²) in [5, 5.41) is 6.78. The summed E-state index contributed by atoms with van der Waals surface area (Å²) in [5.74, 6) is -0.597. The molecule has 0 atom stereocenters. The normalized spacial score (nSPS) is 11.0. The molecule has 1 aromatic heterocycles. The van der Waals surface area contributed by atoms with E-state index in [0.29, 0.717) is 5.71 Å². The summed E-state index contributed by atoms with van der Waals surface area (Å²) >= 11 is 0. The standard InChI is InChI=1S/C18H20N4O2/c1-12-7-8-15(13(2)10-12)20-17(23)11-14(3)21-22-18(24)16-6-4-5-9-19-16/h4-10H,11H2,1-3H3,(H,20,23)(H,22,24)/b21-14+. The maximum Gasteiger partial charge on any atom is 0.289 e. The first kappa shape index (κ1) is 17.3. The minimum Gasteiger partial charge on any atom is -0.326 e. The molecule has 2 aromatic rings. The molecule has 0 aliphatic rings. The van der Waals surface area contributed by atoms with Crippen LogP contribution in [0.3, 0.4) is 0 Å². The number of carbonyl (C=O) groups excluding carboxylic acids is 2. The molecule has 0 unspecified atom stereocenters. The maximum atomic E-state index is 12.1. The molecule has 0 spiro atoms. The van der Waals surface area contributed by atoms with Crippen LogP contribution in [0, 0.1) is 13.8 Å². The Bertz CT molecular complexity index is 770. The number of aromatic nitrogens is 1. The number of nitrogens with one attached hydrogen (secondary N) is 2. The van der Waals surface area contributed by atoms with Crippen LogP contribution in [0.2, 0.25) is 0 Å². The van der Waals surface area contributed by atoms with Crippen molar-refractivity contribution in [1.82, 2.24) is 10.4 Å². The van der Waals surface area contributed by atoms with E-state index in [9.17, 15) is 9.59 Å². The van der Waals surface area contributed by atoms with Gasteiger partial charge in [-0.05, 0) is 44.5 Å². The molecule has 2 amide bonds. The van der Waals surface area contributed by atoms with Crippen LogP contribution in [-0.2, 0) is 4.79 Å². The maximum absolute atomic E-state index is 12.1. The highest BCUT2D eigenvalue weighted by molar-refractivity contribution is 6.06. The number of hydrogen-bond acceptors (Lipinski definition) is 4. The second-order valence-corrected chi connectivity index (χ2v) is 5.55. The van der Waals surface area contributed by atoms with Crippen LogP contribution in [0.5, 0.6) is 0 Å². The van der Waals surface area contributed by atoms with Gasteiger partial charge in [0.05, 0.1) is 6.42 Å². The third kappa shape index (κ3) is 5.01. The van der Waals surface area contributed by atoms with Crippen molar-refractivity contribution < 1.29 is 9.59 Å². The largest absolute Gasteiger partial charge is 0.326 e. The minimum atomic E-state index is -0.412. The fraction of sp³-hybridized carbons (Fsp3) is 0.222. The van der Waals surface area contributed by atoms with Crippen LogP contribution in [0.1, 0.15) is 35.0 Å². The molecule has 0 aliphatic carbocycles. The van der Waals surface area contributed by atoms with E-state index >= 15 is 0 Å². The smallest absolute Gasteiger partial charge is 0.289 e. The molecule has 0 saturated heterocycles. The number of nitrogens with zero attached hydrogens (tertiary/aromatic N) is 2. The van der Waals surface area contributed by atoms with E-state index in [1.165, 1.54) is 6.20 Å². The van der Waals surface area contributed by atoms with Crippen molar-refractivity contribution in [1.29, 1.82) is 0 Å². The van der Waals surface area contributed by atoms with E-state index in [0.717, 1.165) is 16.8 Å². The van der Waals surface area contributed by atoms with Gasteiger partial charge in [0.2, 0.25) is 5.91 Å². The lowest BCUT2D eigenvalue weighted by Gasteiger charge is -2.09. The van der Waals surface area contributed by atoms with E-state index in [1.807, 2.05) is 32.0 Å². The zero-order valence-corrected chi connectivity index (χ0v) is 14.0. The molecule has 6 heteroatoms. The number of hydrogen-bond donors (Lipinski definition) is 2. The fourth-order valence-electron chi connectivity index (χ4n) is 2.12. The van der Waals surface area contributed by atoms with Gasteiger partial charge in [-0.25, -0.2) is 5.43 Å². The molecule has 0 fully saturated rings. The number of pyridine rings is 1. The molecule has 124 valence electrons.